The summed E-state index contributed by atoms with van der Waals surface area (Å²) in [4.78, 5) is 18.5. The lowest BCUT2D eigenvalue weighted by Crippen LogP contribution is -2.36. The van der Waals surface area contributed by atoms with Crippen molar-refractivity contribution < 1.29 is 0 Å². The van der Waals surface area contributed by atoms with Gasteiger partial charge >= 0.3 is 0 Å². The first kappa shape index (κ1) is 22.7. The largest absolute Gasteiger partial charge is 0.352 e. The zero-order valence-corrected chi connectivity index (χ0v) is 19.1. The molecule has 152 valence electrons. The third-order valence-electron chi connectivity index (χ3n) is 4.40. The van der Waals surface area contributed by atoms with E-state index < -0.39 is 0 Å². The summed E-state index contributed by atoms with van der Waals surface area (Å²) in [5, 5.41) is 3.40. The van der Waals surface area contributed by atoms with Crippen LogP contribution in [-0.4, -0.2) is 29.5 Å². The Morgan fingerprint density at radius 1 is 0.897 bits per heavy atom. The number of guanidine groups is 1. The van der Waals surface area contributed by atoms with Crippen LogP contribution in [0.5, 0.6) is 0 Å². The second-order valence-corrected chi connectivity index (χ2v) is 6.86. The molecule has 1 heterocycles. The Morgan fingerprint density at radius 2 is 1.55 bits per heavy atom. The van der Waals surface area contributed by atoms with E-state index in [1.54, 1.807) is 16.7 Å². The number of rotatable bonds is 6. The van der Waals surface area contributed by atoms with Crippen LogP contribution >= 0.6 is 24.0 Å². The number of nitrogens with zero attached hydrogens (tertiary/aromatic N) is 3. The van der Waals surface area contributed by atoms with Gasteiger partial charge < -0.3 is 14.8 Å². The third kappa shape index (κ3) is 7.05. The minimum absolute atomic E-state index is 0. The van der Waals surface area contributed by atoms with Crippen LogP contribution in [0.1, 0.15) is 16.7 Å². The summed E-state index contributed by atoms with van der Waals surface area (Å²) >= 11 is 0. The van der Waals surface area contributed by atoms with Crippen molar-refractivity contribution in [1.82, 2.24) is 14.8 Å². The van der Waals surface area contributed by atoms with E-state index in [0.29, 0.717) is 19.6 Å². The van der Waals surface area contributed by atoms with E-state index in [1.165, 1.54) is 11.1 Å². The number of hydrogen-bond acceptors (Lipinski definition) is 2. The molecule has 0 saturated heterocycles. The van der Waals surface area contributed by atoms with Crippen LogP contribution < -0.4 is 10.9 Å². The minimum Gasteiger partial charge on any atom is -0.352 e. The Balaban J connectivity index is 0.00000300. The monoisotopic (exact) mass is 502 g/mol. The van der Waals surface area contributed by atoms with Crippen molar-refractivity contribution in [3.63, 3.8) is 0 Å². The lowest BCUT2D eigenvalue weighted by molar-refractivity contribution is 0.578. The minimum atomic E-state index is 0. The summed E-state index contributed by atoms with van der Waals surface area (Å²) in [6.07, 6.45) is 1.81. The van der Waals surface area contributed by atoms with Gasteiger partial charge in [-0.2, -0.15) is 0 Å². The Kier molecular flexibility index (Phi) is 8.92. The van der Waals surface area contributed by atoms with Crippen molar-refractivity contribution in [3.05, 3.63) is 106 Å². The van der Waals surface area contributed by atoms with Crippen molar-refractivity contribution in [1.29, 1.82) is 0 Å². The molecule has 0 spiro atoms. The van der Waals surface area contributed by atoms with Gasteiger partial charge in [0.2, 0.25) is 0 Å². The maximum atomic E-state index is 11.8. The van der Waals surface area contributed by atoms with Crippen LogP contribution in [0.15, 0.2) is 88.8 Å². The first-order valence-electron chi connectivity index (χ1n) is 9.34. The predicted molar refractivity (Wildman–Crippen MR) is 130 cm³/mol. The molecule has 5 nitrogen and oxygen atoms in total. The molecule has 0 fully saturated rings. The van der Waals surface area contributed by atoms with Gasteiger partial charge in [0, 0.05) is 32.9 Å². The topological polar surface area (TPSA) is 49.6 Å². The molecule has 0 bridgehead atoms. The number of pyridine rings is 1. The van der Waals surface area contributed by atoms with Crippen molar-refractivity contribution in [2.45, 2.75) is 19.6 Å². The Bertz CT molecular complexity index is 966. The van der Waals surface area contributed by atoms with Crippen molar-refractivity contribution in [2.24, 2.45) is 4.99 Å². The molecule has 2 aromatic carbocycles. The fourth-order valence-corrected chi connectivity index (χ4v) is 2.84. The van der Waals surface area contributed by atoms with Crippen LogP contribution in [0.2, 0.25) is 0 Å². The standard InChI is InChI=1S/C23H26N4O.HI/c1-26(2)23(24-16-19-8-4-3-5-9-19)25-17-20-11-13-21(14-12-20)18-27-15-7-6-10-22(27)28;/h3-15H,16-18H2,1-2H3,(H,24,25);1H. The van der Waals surface area contributed by atoms with Crippen molar-refractivity contribution in [2.75, 3.05) is 14.1 Å². The average molecular weight is 502 g/mol. The molecular weight excluding hydrogens is 475 g/mol. The van der Waals surface area contributed by atoms with E-state index in [2.05, 4.69) is 46.7 Å². The molecule has 0 aliphatic heterocycles. The first-order valence-corrected chi connectivity index (χ1v) is 9.34. The molecular formula is C23H27IN4O. The Morgan fingerprint density at radius 3 is 2.21 bits per heavy atom. The van der Waals surface area contributed by atoms with Gasteiger partial charge in [0.05, 0.1) is 13.1 Å². The zero-order chi connectivity index (χ0) is 19.8. The smallest absolute Gasteiger partial charge is 0.250 e. The van der Waals surface area contributed by atoms with Gasteiger partial charge in [-0.15, -0.1) is 24.0 Å². The lowest BCUT2D eigenvalue weighted by atomic mass is 10.1. The van der Waals surface area contributed by atoms with Crippen LogP contribution in [0.3, 0.4) is 0 Å². The molecule has 0 aliphatic carbocycles. The van der Waals surface area contributed by atoms with Crippen LogP contribution in [0, 0.1) is 0 Å². The lowest BCUT2D eigenvalue weighted by Gasteiger charge is -2.18. The van der Waals surface area contributed by atoms with Crippen LogP contribution in [0.25, 0.3) is 0 Å². The van der Waals surface area contributed by atoms with Gasteiger partial charge in [-0.3, -0.25) is 4.79 Å². The Labute approximate surface area is 189 Å². The number of benzene rings is 2. The SMILES string of the molecule is CN(C)C(=NCc1ccccc1)NCc1ccc(Cn2ccccc2=O)cc1.I. The van der Waals surface area contributed by atoms with Gasteiger partial charge in [0.15, 0.2) is 5.96 Å². The van der Waals surface area contributed by atoms with Gasteiger partial charge in [-0.05, 0) is 22.8 Å². The highest BCUT2D eigenvalue weighted by Crippen LogP contribution is 2.06. The van der Waals surface area contributed by atoms with E-state index in [9.17, 15) is 4.79 Å². The Hall–Kier alpha value is -2.61. The number of aromatic nitrogens is 1. The zero-order valence-electron chi connectivity index (χ0n) is 16.8. The molecule has 1 aromatic heterocycles. The first-order chi connectivity index (χ1) is 13.6. The van der Waals surface area contributed by atoms with E-state index in [4.69, 9.17) is 0 Å². The fourth-order valence-electron chi connectivity index (χ4n) is 2.84. The molecule has 3 aromatic rings. The molecule has 6 heteroatoms. The molecule has 0 aliphatic rings. The highest BCUT2D eigenvalue weighted by molar-refractivity contribution is 14.0. The molecule has 0 saturated carbocycles. The average Bonchev–Trinajstić information content (AvgIpc) is 2.71. The quantitative estimate of drug-likeness (QED) is 0.318. The number of nitrogens with one attached hydrogen (secondary N) is 1. The van der Waals surface area contributed by atoms with E-state index in [1.807, 2.05) is 49.5 Å². The summed E-state index contributed by atoms with van der Waals surface area (Å²) in [5.41, 5.74) is 3.46. The van der Waals surface area contributed by atoms with Gasteiger partial charge in [-0.1, -0.05) is 60.7 Å². The second-order valence-electron chi connectivity index (χ2n) is 6.86. The normalized spacial score (nSPS) is 10.9. The summed E-state index contributed by atoms with van der Waals surface area (Å²) in [7, 11) is 3.97. The fraction of sp³-hybridized carbons (Fsp3) is 0.217. The van der Waals surface area contributed by atoms with Gasteiger partial charge in [0.25, 0.3) is 5.56 Å². The van der Waals surface area contributed by atoms with Crippen molar-refractivity contribution in [3.8, 4) is 0 Å². The predicted octanol–water partition coefficient (Wildman–Crippen LogP) is 3.72. The molecule has 0 atom stereocenters. The number of halogens is 1. The van der Waals surface area contributed by atoms with Gasteiger partial charge in [0.1, 0.15) is 0 Å². The highest BCUT2D eigenvalue weighted by atomic mass is 127. The third-order valence-corrected chi connectivity index (χ3v) is 4.40. The molecule has 0 amide bonds. The van der Waals surface area contributed by atoms with Crippen molar-refractivity contribution >= 4 is 29.9 Å². The molecule has 0 radical (unpaired) electrons. The summed E-state index contributed by atoms with van der Waals surface area (Å²) < 4.78 is 1.70. The maximum Gasteiger partial charge on any atom is 0.250 e. The second kappa shape index (κ2) is 11.4. The van der Waals surface area contributed by atoms with Crippen LogP contribution in [0.4, 0.5) is 0 Å². The van der Waals surface area contributed by atoms with E-state index in [0.717, 1.165) is 11.5 Å². The number of aliphatic imine (C=N–C) groups is 1. The molecule has 3 rings (SSSR count). The molecule has 29 heavy (non-hydrogen) atoms. The molecule has 0 unspecified atom stereocenters. The highest BCUT2D eigenvalue weighted by Gasteiger charge is 2.03. The summed E-state index contributed by atoms with van der Waals surface area (Å²) in [6, 6.07) is 23.7. The summed E-state index contributed by atoms with van der Waals surface area (Å²) in [6.45, 7) is 1.92. The number of hydrogen-bond donors (Lipinski definition) is 1. The summed E-state index contributed by atoms with van der Waals surface area (Å²) in [5.74, 6) is 0.851. The van der Waals surface area contributed by atoms with Crippen LogP contribution in [-0.2, 0) is 19.6 Å². The van der Waals surface area contributed by atoms with E-state index in [-0.39, 0.29) is 29.5 Å². The maximum absolute atomic E-state index is 11.8. The van der Waals surface area contributed by atoms with E-state index >= 15 is 0 Å². The van der Waals surface area contributed by atoms with Gasteiger partial charge in [-0.25, -0.2) is 4.99 Å². The molecule has 1 N–H and O–H groups in total.